The number of nitrogens with one attached hydrogen (secondary N) is 2. The second-order valence-corrected chi connectivity index (χ2v) is 5.94. The van der Waals surface area contributed by atoms with E-state index in [4.69, 9.17) is 0 Å². The fraction of sp³-hybridized carbons (Fsp3) is 0.0625. The number of benzene rings is 2. The Morgan fingerprint density at radius 2 is 1.92 bits per heavy atom. The highest BCUT2D eigenvalue weighted by atomic mass is 79.9. The molecule has 0 aromatic heterocycles. The number of carbonyl (C=O) groups excluding carboxylic acids is 2. The van der Waals surface area contributed by atoms with Crippen LogP contribution in [-0.2, 0) is 4.79 Å². The number of nitrogens with zero attached hydrogens (tertiary/aromatic N) is 2. The number of hydrazone groups is 1. The van der Waals surface area contributed by atoms with E-state index in [0.717, 1.165) is 6.07 Å². The third-order valence-corrected chi connectivity index (χ3v) is 3.71. The summed E-state index contributed by atoms with van der Waals surface area (Å²) in [6, 6.07) is 8.70. The number of halogens is 1. The minimum absolute atomic E-state index is 0.132. The second-order valence-electron chi connectivity index (χ2n) is 5.09. The molecule has 2 amide bonds. The van der Waals surface area contributed by atoms with Gasteiger partial charge in [-0.3, -0.25) is 19.7 Å². The molecule has 134 valence electrons. The van der Waals surface area contributed by atoms with Crippen molar-refractivity contribution in [3.63, 3.8) is 0 Å². The summed E-state index contributed by atoms with van der Waals surface area (Å²) in [5, 5.41) is 26.8. The Morgan fingerprint density at radius 1 is 1.27 bits per heavy atom. The van der Waals surface area contributed by atoms with Crippen molar-refractivity contribution in [2.45, 2.75) is 6.92 Å². The van der Waals surface area contributed by atoms with E-state index in [1.165, 1.54) is 31.3 Å². The van der Waals surface area contributed by atoms with Gasteiger partial charge in [0.1, 0.15) is 0 Å². The van der Waals surface area contributed by atoms with Gasteiger partial charge in [-0.25, -0.2) is 5.43 Å². The van der Waals surface area contributed by atoms with E-state index < -0.39 is 22.3 Å². The van der Waals surface area contributed by atoms with E-state index in [1.54, 1.807) is 12.1 Å². The van der Waals surface area contributed by atoms with Gasteiger partial charge in [0.25, 0.3) is 5.91 Å². The van der Waals surface area contributed by atoms with Crippen molar-refractivity contribution in [1.82, 2.24) is 5.43 Å². The number of hydrogen-bond donors (Lipinski definition) is 3. The zero-order chi connectivity index (χ0) is 19.3. The van der Waals surface area contributed by atoms with Crippen LogP contribution in [0.5, 0.6) is 5.75 Å². The lowest BCUT2D eigenvalue weighted by atomic mass is 10.2. The molecule has 0 aliphatic carbocycles. The fourth-order valence-electron chi connectivity index (χ4n) is 1.96. The Hall–Kier alpha value is -3.27. The first-order valence-electron chi connectivity index (χ1n) is 7.16. The van der Waals surface area contributed by atoms with Crippen LogP contribution >= 0.6 is 15.9 Å². The lowest BCUT2D eigenvalue weighted by molar-refractivity contribution is -0.386. The Bertz CT molecular complexity index is 896. The molecule has 0 saturated heterocycles. The monoisotopic (exact) mass is 420 g/mol. The van der Waals surface area contributed by atoms with Crippen molar-refractivity contribution in [1.29, 1.82) is 0 Å². The van der Waals surface area contributed by atoms with Gasteiger partial charge in [0, 0.05) is 29.8 Å². The van der Waals surface area contributed by atoms with E-state index in [1.807, 2.05) is 0 Å². The third-order valence-electron chi connectivity index (χ3n) is 3.11. The standard InChI is InChI=1S/C16H13BrN4O5/c1-9(22)19-12-4-2-11(3-5-12)16(24)20-18-8-10-6-13(17)15(23)14(7-10)21(25)26/h2-8,23H,1H3,(H,19,22)(H,20,24)/b18-8-. The lowest BCUT2D eigenvalue weighted by Gasteiger charge is -2.04. The zero-order valence-electron chi connectivity index (χ0n) is 13.4. The van der Waals surface area contributed by atoms with Crippen molar-refractivity contribution in [2.24, 2.45) is 5.10 Å². The maximum atomic E-state index is 12.0. The van der Waals surface area contributed by atoms with Gasteiger partial charge in [-0.2, -0.15) is 5.10 Å². The molecule has 0 saturated carbocycles. The number of carbonyl (C=O) groups is 2. The molecule has 26 heavy (non-hydrogen) atoms. The molecule has 0 spiro atoms. The summed E-state index contributed by atoms with van der Waals surface area (Å²) < 4.78 is 0.132. The molecule has 3 N–H and O–H groups in total. The number of phenols is 1. The summed E-state index contributed by atoms with van der Waals surface area (Å²) in [7, 11) is 0. The Labute approximate surface area is 156 Å². The normalized spacial score (nSPS) is 10.5. The maximum Gasteiger partial charge on any atom is 0.312 e. The van der Waals surface area contributed by atoms with E-state index in [9.17, 15) is 24.8 Å². The molecule has 0 aliphatic rings. The molecule has 0 unspecified atom stereocenters. The van der Waals surface area contributed by atoms with E-state index in [2.05, 4.69) is 31.8 Å². The van der Waals surface area contributed by atoms with Crippen molar-refractivity contribution in [2.75, 3.05) is 5.32 Å². The molecule has 0 fully saturated rings. The highest BCUT2D eigenvalue weighted by Gasteiger charge is 2.17. The summed E-state index contributed by atoms with van der Waals surface area (Å²) >= 11 is 3.01. The van der Waals surface area contributed by atoms with Crippen LogP contribution in [-0.4, -0.2) is 28.1 Å². The van der Waals surface area contributed by atoms with Crippen LogP contribution in [0.15, 0.2) is 46.0 Å². The third kappa shape index (κ3) is 4.86. The molecule has 0 heterocycles. The van der Waals surface area contributed by atoms with Crippen molar-refractivity contribution in [3.05, 3.63) is 62.1 Å². The minimum Gasteiger partial charge on any atom is -0.501 e. The number of rotatable bonds is 5. The smallest absolute Gasteiger partial charge is 0.312 e. The number of nitro benzene ring substituents is 1. The topological polar surface area (TPSA) is 134 Å². The van der Waals surface area contributed by atoms with Crippen LogP contribution in [0.4, 0.5) is 11.4 Å². The van der Waals surface area contributed by atoms with E-state index in [0.29, 0.717) is 16.8 Å². The zero-order valence-corrected chi connectivity index (χ0v) is 15.0. The van der Waals surface area contributed by atoms with Crippen LogP contribution < -0.4 is 10.7 Å². The van der Waals surface area contributed by atoms with Gasteiger partial charge in [-0.15, -0.1) is 0 Å². The summed E-state index contributed by atoms with van der Waals surface area (Å²) in [4.78, 5) is 33.1. The van der Waals surface area contributed by atoms with Crippen LogP contribution in [0.3, 0.4) is 0 Å². The van der Waals surface area contributed by atoms with Crippen LogP contribution in [0.2, 0.25) is 0 Å². The lowest BCUT2D eigenvalue weighted by Crippen LogP contribution is -2.17. The predicted octanol–water partition coefficient (Wildman–Crippen LogP) is 2.79. The molecule has 0 atom stereocenters. The number of amides is 2. The first kappa shape index (κ1) is 19.1. The Balaban J connectivity index is 2.07. The number of anilines is 1. The summed E-state index contributed by atoms with van der Waals surface area (Å²) in [5.41, 5.74) is 2.98. The number of hydrogen-bond acceptors (Lipinski definition) is 6. The highest BCUT2D eigenvalue weighted by Crippen LogP contribution is 2.34. The Kier molecular flexibility index (Phi) is 6.02. The highest BCUT2D eigenvalue weighted by molar-refractivity contribution is 9.10. The molecule has 10 heteroatoms. The average molecular weight is 421 g/mol. The number of nitro groups is 1. The van der Waals surface area contributed by atoms with Crippen LogP contribution in [0.25, 0.3) is 0 Å². The van der Waals surface area contributed by atoms with Crippen molar-refractivity contribution >= 4 is 45.3 Å². The predicted molar refractivity (Wildman–Crippen MR) is 98.3 cm³/mol. The summed E-state index contributed by atoms with van der Waals surface area (Å²) in [6.07, 6.45) is 1.21. The number of phenolic OH excluding ortho intramolecular Hbond substituents is 1. The van der Waals surface area contributed by atoms with Crippen molar-refractivity contribution < 1.29 is 19.6 Å². The van der Waals surface area contributed by atoms with Gasteiger partial charge in [0.05, 0.1) is 15.6 Å². The number of aromatic hydroxyl groups is 1. The first-order chi connectivity index (χ1) is 12.3. The summed E-state index contributed by atoms with van der Waals surface area (Å²) in [5.74, 6) is -1.21. The molecule has 0 aliphatic heterocycles. The van der Waals surface area contributed by atoms with Gasteiger partial charge in [0.2, 0.25) is 11.7 Å². The summed E-state index contributed by atoms with van der Waals surface area (Å²) in [6.45, 7) is 1.38. The average Bonchev–Trinajstić information content (AvgIpc) is 2.57. The molecule has 2 aromatic rings. The second kappa shape index (κ2) is 8.21. The molecule has 2 aromatic carbocycles. The molecular weight excluding hydrogens is 408 g/mol. The van der Waals surface area contributed by atoms with E-state index >= 15 is 0 Å². The van der Waals surface area contributed by atoms with Gasteiger partial charge in [-0.05, 0) is 46.3 Å². The fourth-order valence-corrected chi connectivity index (χ4v) is 2.42. The van der Waals surface area contributed by atoms with Gasteiger partial charge in [-0.1, -0.05) is 0 Å². The minimum atomic E-state index is -0.730. The maximum absolute atomic E-state index is 12.0. The van der Waals surface area contributed by atoms with Gasteiger partial charge in [0.15, 0.2) is 0 Å². The van der Waals surface area contributed by atoms with Gasteiger partial charge < -0.3 is 10.4 Å². The van der Waals surface area contributed by atoms with Crippen LogP contribution in [0, 0.1) is 10.1 Å². The molecule has 9 nitrogen and oxygen atoms in total. The van der Waals surface area contributed by atoms with E-state index in [-0.39, 0.29) is 10.4 Å². The Morgan fingerprint density at radius 3 is 2.50 bits per heavy atom. The molecule has 2 rings (SSSR count). The molecule has 0 bridgehead atoms. The van der Waals surface area contributed by atoms with Crippen molar-refractivity contribution in [3.8, 4) is 5.75 Å². The first-order valence-corrected chi connectivity index (χ1v) is 7.95. The quantitative estimate of drug-likeness (QED) is 0.388. The van der Waals surface area contributed by atoms with Gasteiger partial charge >= 0.3 is 5.69 Å². The molecule has 0 radical (unpaired) electrons. The van der Waals surface area contributed by atoms with Crippen LogP contribution in [0.1, 0.15) is 22.8 Å². The SMILES string of the molecule is CC(=O)Nc1ccc(C(=O)N/N=C\c2cc(Br)c(O)c([N+](=O)[O-])c2)cc1. The largest absolute Gasteiger partial charge is 0.501 e. The molecular formula is C16H13BrN4O5.